The van der Waals surface area contributed by atoms with Gasteiger partial charge in [0.25, 0.3) is 0 Å². The van der Waals surface area contributed by atoms with Crippen LogP contribution in [-0.4, -0.2) is 48.5 Å². The monoisotopic (exact) mass is 359 g/mol. The third kappa shape index (κ3) is 5.59. The highest BCUT2D eigenvalue weighted by molar-refractivity contribution is 5.35. The van der Waals surface area contributed by atoms with Crippen molar-refractivity contribution in [3.63, 3.8) is 0 Å². The molecule has 5 heteroatoms. The number of hydrogen-bond acceptors (Lipinski definition) is 5. The number of ether oxygens (including phenoxy) is 2. The van der Waals surface area contributed by atoms with Gasteiger partial charge in [-0.1, -0.05) is 17.7 Å². The van der Waals surface area contributed by atoms with Crippen molar-refractivity contribution in [2.75, 3.05) is 26.3 Å². The molecular formula is C21H29NO4. The van der Waals surface area contributed by atoms with Gasteiger partial charge in [0.15, 0.2) is 0 Å². The Bertz CT molecular complexity index is 665. The van der Waals surface area contributed by atoms with Crippen molar-refractivity contribution in [3.8, 4) is 5.75 Å². The highest BCUT2D eigenvalue weighted by atomic mass is 16.5. The summed E-state index contributed by atoms with van der Waals surface area (Å²) in [4.78, 5) is 2.19. The average Bonchev–Trinajstić information content (AvgIpc) is 3.28. The molecule has 3 rings (SSSR count). The zero-order valence-corrected chi connectivity index (χ0v) is 15.7. The van der Waals surface area contributed by atoms with Crippen LogP contribution in [0.3, 0.4) is 0 Å². The predicted octanol–water partition coefficient (Wildman–Crippen LogP) is 3.32. The van der Waals surface area contributed by atoms with Gasteiger partial charge >= 0.3 is 0 Å². The third-order valence-corrected chi connectivity index (χ3v) is 4.68. The van der Waals surface area contributed by atoms with Gasteiger partial charge in [0.05, 0.1) is 18.9 Å². The van der Waals surface area contributed by atoms with Crippen LogP contribution < -0.4 is 4.74 Å². The first-order valence-corrected chi connectivity index (χ1v) is 9.34. The number of hydrogen-bond donors (Lipinski definition) is 1. The van der Waals surface area contributed by atoms with Crippen LogP contribution in [0, 0.1) is 13.8 Å². The average molecular weight is 359 g/mol. The Balaban J connectivity index is 1.54. The molecule has 0 bridgehead atoms. The van der Waals surface area contributed by atoms with E-state index in [1.807, 2.05) is 31.2 Å². The topological polar surface area (TPSA) is 55.1 Å². The Kier molecular flexibility index (Phi) is 6.72. The van der Waals surface area contributed by atoms with E-state index in [9.17, 15) is 5.11 Å². The molecule has 2 heterocycles. The molecular weight excluding hydrogens is 330 g/mol. The normalized spacial score (nSPS) is 18.4. The van der Waals surface area contributed by atoms with Crippen molar-refractivity contribution in [2.24, 2.45) is 0 Å². The maximum atomic E-state index is 10.5. The van der Waals surface area contributed by atoms with E-state index in [2.05, 4.69) is 17.9 Å². The SMILES string of the molecule is Cc1ccc(OCC(O)CN(Cc2ccco2)CC2CCCO2)c(C)c1. The van der Waals surface area contributed by atoms with Crippen LogP contribution in [0.15, 0.2) is 41.0 Å². The lowest BCUT2D eigenvalue weighted by Gasteiger charge is -2.26. The van der Waals surface area contributed by atoms with Gasteiger partial charge in [-0.05, 0) is 50.5 Å². The minimum Gasteiger partial charge on any atom is -0.491 e. The summed E-state index contributed by atoms with van der Waals surface area (Å²) >= 11 is 0. The molecule has 1 fully saturated rings. The molecule has 2 unspecified atom stereocenters. The second-order valence-electron chi connectivity index (χ2n) is 7.14. The Hall–Kier alpha value is -1.82. The third-order valence-electron chi connectivity index (χ3n) is 4.68. The van der Waals surface area contributed by atoms with Crippen molar-refractivity contribution in [2.45, 2.75) is 45.4 Å². The van der Waals surface area contributed by atoms with Gasteiger partial charge in [0.1, 0.15) is 24.2 Å². The molecule has 1 aromatic carbocycles. The van der Waals surface area contributed by atoms with Crippen LogP contribution in [0.4, 0.5) is 0 Å². The standard InChI is InChI=1S/C21H29NO4/c1-16-7-8-21(17(2)11-16)26-15-18(23)12-22(13-19-5-3-9-24-19)14-20-6-4-10-25-20/h3,5,7-9,11,18,20,23H,4,6,10,12-15H2,1-2H3. The molecule has 1 aliphatic rings. The van der Waals surface area contributed by atoms with Gasteiger partial charge in [-0.3, -0.25) is 4.90 Å². The summed E-state index contributed by atoms with van der Waals surface area (Å²) in [5.41, 5.74) is 2.29. The van der Waals surface area contributed by atoms with Gasteiger partial charge in [0.2, 0.25) is 0 Å². The van der Waals surface area contributed by atoms with Crippen molar-refractivity contribution in [1.82, 2.24) is 4.90 Å². The van der Waals surface area contributed by atoms with Crippen LogP contribution in [0.5, 0.6) is 5.75 Å². The molecule has 2 aromatic rings. The fourth-order valence-corrected chi connectivity index (χ4v) is 3.40. The Labute approximate surface area is 155 Å². The quantitative estimate of drug-likeness (QED) is 0.744. The lowest BCUT2D eigenvalue weighted by Crippen LogP contribution is -2.39. The fraction of sp³-hybridized carbons (Fsp3) is 0.524. The first-order chi connectivity index (χ1) is 12.6. The number of aliphatic hydroxyl groups excluding tert-OH is 1. The van der Waals surface area contributed by atoms with Gasteiger partial charge < -0.3 is 19.0 Å². The molecule has 2 atom stereocenters. The molecule has 142 valence electrons. The second-order valence-corrected chi connectivity index (χ2v) is 7.14. The van der Waals surface area contributed by atoms with E-state index in [1.54, 1.807) is 6.26 Å². The molecule has 0 radical (unpaired) electrons. The molecule has 0 aliphatic carbocycles. The fourth-order valence-electron chi connectivity index (χ4n) is 3.40. The molecule has 1 aromatic heterocycles. The van der Waals surface area contributed by atoms with E-state index >= 15 is 0 Å². The van der Waals surface area contributed by atoms with Crippen LogP contribution >= 0.6 is 0 Å². The summed E-state index contributed by atoms with van der Waals surface area (Å²) in [5, 5.41) is 10.5. The van der Waals surface area contributed by atoms with E-state index in [4.69, 9.17) is 13.9 Å². The Morgan fingerprint density at radius 3 is 2.88 bits per heavy atom. The molecule has 1 N–H and O–H groups in total. The maximum absolute atomic E-state index is 10.5. The number of aliphatic hydroxyl groups is 1. The summed E-state index contributed by atoms with van der Waals surface area (Å²) in [6, 6.07) is 9.92. The van der Waals surface area contributed by atoms with E-state index in [1.165, 1.54) is 5.56 Å². The Morgan fingerprint density at radius 2 is 2.19 bits per heavy atom. The van der Waals surface area contributed by atoms with E-state index in [0.717, 1.165) is 43.1 Å². The first-order valence-electron chi connectivity index (χ1n) is 9.34. The number of furan rings is 1. The minimum atomic E-state index is -0.577. The summed E-state index contributed by atoms with van der Waals surface area (Å²) < 4.78 is 17.1. The number of benzene rings is 1. The minimum absolute atomic E-state index is 0.234. The number of nitrogens with zero attached hydrogens (tertiary/aromatic N) is 1. The Morgan fingerprint density at radius 1 is 1.31 bits per heavy atom. The highest BCUT2D eigenvalue weighted by Gasteiger charge is 2.22. The summed E-state index contributed by atoms with van der Waals surface area (Å²) in [7, 11) is 0. The zero-order chi connectivity index (χ0) is 18.4. The van der Waals surface area contributed by atoms with Gasteiger partial charge in [-0.15, -0.1) is 0 Å². The van der Waals surface area contributed by atoms with Crippen molar-refractivity contribution in [1.29, 1.82) is 0 Å². The van der Waals surface area contributed by atoms with E-state index < -0.39 is 6.10 Å². The zero-order valence-electron chi connectivity index (χ0n) is 15.7. The van der Waals surface area contributed by atoms with Crippen LogP contribution in [0.2, 0.25) is 0 Å². The number of rotatable bonds is 9. The molecule has 26 heavy (non-hydrogen) atoms. The first kappa shape index (κ1) is 19.0. The van der Waals surface area contributed by atoms with Crippen molar-refractivity contribution in [3.05, 3.63) is 53.5 Å². The van der Waals surface area contributed by atoms with Crippen LogP contribution in [0.1, 0.15) is 29.7 Å². The number of aryl methyl sites for hydroxylation is 2. The second kappa shape index (κ2) is 9.21. The summed E-state index contributed by atoms with van der Waals surface area (Å²) in [6.07, 6.45) is 3.52. The largest absolute Gasteiger partial charge is 0.491 e. The van der Waals surface area contributed by atoms with Crippen molar-refractivity contribution >= 4 is 0 Å². The summed E-state index contributed by atoms with van der Waals surface area (Å²) in [6.45, 7) is 7.15. The molecule has 0 saturated carbocycles. The van der Waals surface area contributed by atoms with Crippen LogP contribution in [0.25, 0.3) is 0 Å². The van der Waals surface area contributed by atoms with Crippen molar-refractivity contribution < 1.29 is 19.0 Å². The molecule has 1 aliphatic heterocycles. The van der Waals surface area contributed by atoms with E-state index in [0.29, 0.717) is 13.1 Å². The van der Waals surface area contributed by atoms with E-state index in [-0.39, 0.29) is 12.7 Å². The molecule has 0 amide bonds. The molecule has 5 nitrogen and oxygen atoms in total. The highest BCUT2D eigenvalue weighted by Crippen LogP contribution is 2.19. The van der Waals surface area contributed by atoms with Gasteiger partial charge in [0, 0.05) is 19.7 Å². The lowest BCUT2D eigenvalue weighted by molar-refractivity contribution is 0.0289. The van der Waals surface area contributed by atoms with Gasteiger partial charge in [-0.25, -0.2) is 0 Å². The smallest absolute Gasteiger partial charge is 0.122 e. The summed E-state index contributed by atoms with van der Waals surface area (Å²) in [5.74, 6) is 1.72. The lowest BCUT2D eigenvalue weighted by atomic mass is 10.1. The predicted molar refractivity (Wildman–Crippen MR) is 100 cm³/mol. The molecule has 0 spiro atoms. The van der Waals surface area contributed by atoms with Crippen LogP contribution in [-0.2, 0) is 11.3 Å². The maximum Gasteiger partial charge on any atom is 0.122 e. The van der Waals surface area contributed by atoms with Gasteiger partial charge in [-0.2, -0.15) is 0 Å². The molecule has 1 saturated heterocycles.